The second-order valence-electron chi connectivity index (χ2n) is 6.01. The van der Waals surface area contributed by atoms with Crippen molar-refractivity contribution >= 4 is 11.8 Å². The molecule has 2 rings (SSSR count). The highest BCUT2D eigenvalue weighted by atomic mass is 16.5. The van der Waals surface area contributed by atoms with Crippen LogP contribution in [0, 0.1) is 6.92 Å². The van der Waals surface area contributed by atoms with Gasteiger partial charge < -0.3 is 24.4 Å². The number of piperazine rings is 1. The Morgan fingerprint density at radius 3 is 2.83 bits per heavy atom. The van der Waals surface area contributed by atoms with Gasteiger partial charge in [-0.05, 0) is 14.0 Å². The van der Waals surface area contributed by atoms with Gasteiger partial charge in [-0.15, -0.1) is 0 Å². The first-order chi connectivity index (χ1) is 10.9. The zero-order valence-corrected chi connectivity index (χ0v) is 14.2. The van der Waals surface area contributed by atoms with Crippen LogP contribution >= 0.6 is 0 Å². The number of amides is 2. The molecular formula is C15H25N5O3. The Balaban J connectivity index is 2.07. The van der Waals surface area contributed by atoms with Crippen molar-refractivity contribution in [2.45, 2.75) is 19.5 Å². The van der Waals surface area contributed by atoms with Crippen LogP contribution in [0.2, 0.25) is 0 Å². The summed E-state index contributed by atoms with van der Waals surface area (Å²) in [6.45, 7) is 4.10. The molecule has 1 aliphatic rings. The average Bonchev–Trinajstić information content (AvgIpc) is 2.91. The van der Waals surface area contributed by atoms with Gasteiger partial charge in [-0.2, -0.15) is 0 Å². The molecule has 8 heteroatoms. The molecule has 1 N–H and O–H groups in total. The molecule has 2 amide bonds. The summed E-state index contributed by atoms with van der Waals surface area (Å²) in [5.41, 5.74) is 0.954. The van der Waals surface area contributed by atoms with Gasteiger partial charge >= 0.3 is 0 Å². The standard InChI is InChI=1S/C15H25N5O3/c1-11-7-16-13(17-11)9-19(3)15(22)12-8-18(2)5-6-20(12)14(21)10-23-4/h7,12H,5-6,8-10H2,1-4H3,(H,16,17). The van der Waals surface area contributed by atoms with E-state index in [2.05, 4.69) is 14.9 Å². The number of rotatable bonds is 5. The zero-order chi connectivity index (χ0) is 17.0. The van der Waals surface area contributed by atoms with Crippen LogP contribution < -0.4 is 0 Å². The number of nitrogens with one attached hydrogen (secondary N) is 1. The van der Waals surface area contributed by atoms with Crippen molar-refractivity contribution < 1.29 is 14.3 Å². The molecule has 1 saturated heterocycles. The first-order valence-corrected chi connectivity index (χ1v) is 7.64. The van der Waals surface area contributed by atoms with E-state index < -0.39 is 6.04 Å². The summed E-state index contributed by atoms with van der Waals surface area (Å²) in [5, 5.41) is 0. The summed E-state index contributed by atoms with van der Waals surface area (Å²) in [5.74, 6) is 0.494. The molecule has 0 aromatic carbocycles. The minimum absolute atomic E-state index is 0.00537. The normalized spacial score (nSPS) is 19.0. The fourth-order valence-electron chi connectivity index (χ4n) is 2.74. The molecule has 0 aliphatic carbocycles. The Hall–Kier alpha value is -1.93. The van der Waals surface area contributed by atoms with Gasteiger partial charge in [0.1, 0.15) is 18.5 Å². The van der Waals surface area contributed by atoms with Gasteiger partial charge in [0.05, 0.1) is 6.54 Å². The topological polar surface area (TPSA) is 81.8 Å². The van der Waals surface area contributed by atoms with Crippen molar-refractivity contribution in [1.29, 1.82) is 0 Å². The number of imidazole rings is 1. The van der Waals surface area contributed by atoms with Crippen molar-refractivity contribution in [3.63, 3.8) is 0 Å². The molecule has 1 aliphatic heterocycles. The molecule has 8 nitrogen and oxygen atoms in total. The lowest BCUT2D eigenvalue weighted by Crippen LogP contribution is -2.60. The number of hydrogen-bond acceptors (Lipinski definition) is 5. The quantitative estimate of drug-likeness (QED) is 0.787. The van der Waals surface area contributed by atoms with Crippen LogP contribution in [0.3, 0.4) is 0 Å². The predicted octanol–water partition coefficient (Wildman–Crippen LogP) is -0.534. The number of H-pyrrole nitrogens is 1. The van der Waals surface area contributed by atoms with E-state index in [1.807, 2.05) is 14.0 Å². The molecule has 0 radical (unpaired) electrons. The van der Waals surface area contributed by atoms with Crippen LogP contribution in [0.5, 0.6) is 0 Å². The van der Waals surface area contributed by atoms with Crippen LogP contribution in [-0.2, 0) is 20.9 Å². The maximum Gasteiger partial charge on any atom is 0.249 e. The highest BCUT2D eigenvalue weighted by Gasteiger charge is 2.35. The first kappa shape index (κ1) is 17.4. The van der Waals surface area contributed by atoms with Gasteiger partial charge in [0.15, 0.2) is 0 Å². The number of carbonyl (C=O) groups is 2. The number of nitrogens with zero attached hydrogens (tertiary/aromatic N) is 4. The maximum atomic E-state index is 12.8. The SMILES string of the molecule is COCC(=O)N1CCN(C)CC1C(=O)N(C)Cc1ncc(C)[nH]1. The monoisotopic (exact) mass is 323 g/mol. The van der Waals surface area contributed by atoms with Gasteiger partial charge in [0.2, 0.25) is 11.8 Å². The van der Waals surface area contributed by atoms with Crippen molar-refractivity contribution in [1.82, 2.24) is 24.7 Å². The lowest BCUT2D eigenvalue weighted by molar-refractivity contribution is -0.150. The second kappa shape index (κ2) is 7.56. The number of carbonyl (C=O) groups excluding carboxylic acids is 2. The van der Waals surface area contributed by atoms with E-state index in [0.717, 1.165) is 18.1 Å². The lowest BCUT2D eigenvalue weighted by Gasteiger charge is -2.40. The number of aryl methyl sites for hydroxylation is 1. The van der Waals surface area contributed by atoms with Gasteiger partial charge in [-0.3, -0.25) is 9.59 Å². The van der Waals surface area contributed by atoms with Gasteiger partial charge in [-0.25, -0.2) is 4.98 Å². The Kier molecular flexibility index (Phi) is 5.73. The number of ether oxygens (including phenoxy) is 1. The lowest BCUT2D eigenvalue weighted by atomic mass is 10.1. The molecule has 1 unspecified atom stereocenters. The average molecular weight is 323 g/mol. The van der Waals surface area contributed by atoms with E-state index in [1.54, 1.807) is 23.0 Å². The van der Waals surface area contributed by atoms with Crippen LogP contribution in [0.4, 0.5) is 0 Å². The van der Waals surface area contributed by atoms with Gasteiger partial charge in [0, 0.05) is 45.7 Å². The molecule has 1 atom stereocenters. The van der Waals surface area contributed by atoms with Crippen LogP contribution in [0.15, 0.2) is 6.20 Å². The molecule has 0 saturated carbocycles. The zero-order valence-electron chi connectivity index (χ0n) is 14.2. The van der Waals surface area contributed by atoms with Crippen molar-refractivity contribution in [2.24, 2.45) is 0 Å². The Morgan fingerprint density at radius 1 is 1.48 bits per heavy atom. The van der Waals surface area contributed by atoms with Crippen LogP contribution in [0.25, 0.3) is 0 Å². The fraction of sp³-hybridized carbons (Fsp3) is 0.667. The highest BCUT2D eigenvalue weighted by Crippen LogP contribution is 2.13. The summed E-state index contributed by atoms with van der Waals surface area (Å²) in [6, 6.07) is -0.488. The van der Waals surface area contributed by atoms with E-state index >= 15 is 0 Å². The minimum Gasteiger partial charge on any atom is -0.375 e. The number of aromatic amines is 1. The van der Waals surface area contributed by atoms with Crippen LogP contribution in [0.1, 0.15) is 11.5 Å². The van der Waals surface area contributed by atoms with Crippen molar-refractivity contribution in [3.05, 3.63) is 17.7 Å². The van der Waals surface area contributed by atoms with Crippen LogP contribution in [-0.4, -0.2) is 90.0 Å². The number of methoxy groups -OCH3 is 1. The summed E-state index contributed by atoms with van der Waals surface area (Å²) < 4.78 is 4.93. The molecule has 0 spiro atoms. The van der Waals surface area contributed by atoms with Gasteiger partial charge in [-0.1, -0.05) is 0 Å². The molecule has 2 heterocycles. The molecule has 23 heavy (non-hydrogen) atoms. The van der Waals surface area contributed by atoms with Gasteiger partial charge in [0.25, 0.3) is 0 Å². The molecule has 1 aromatic heterocycles. The number of likely N-dealkylation sites (N-methyl/N-ethyl adjacent to an activating group) is 2. The third kappa shape index (κ3) is 4.29. The van der Waals surface area contributed by atoms with Crippen molar-refractivity contribution in [3.8, 4) is 0 Å². The summed E-state index contributed by atoms with van der Waals surface area (Å²) >= 11 is 0. The van der Waals surface area contributed by atoms with E-state index in [4.69, 9.17) is 4.74 Å². The third-order valence-electron chi connectivity index (χ3n) is 3.98. The fourth-order valence-corrected chi connectivity index (χ4v) is 2.74. The molecule has 0 bridgehead atoms. The maximum absolute atomic E-state index is 12.8. The number of hydrogen-bond donors (Lipinski definition) is 1. The molecule has 128 valence electrons. The summed E-state index contributed by atoms with van der Waals surface area (Å²) in [4.78, 5) is 37.6. The van der Waals surface area contributed by atoms with E-state index in [1.165, 1.54) is 7.11 Å². The summed E-state index contributed by atoms with van der Waals surface area (Å²) in [7, 11) is 5.16. The molecular weight excluding hydrogens is 298 g/mol. The molecule has 1 aromatic rings. The van der Waals surface area contributed by atoms with E-state index in [-0.39, 0.29) is 18.4 Å². The first-order valence-electron chi connectivity index (χ1n) is 7.64. The predicted molar refractivity (Wildman–Crippen MR) is 84.7 cm³/mol. The number of aromatic nitrogens is 2. The molecule has 1 fully saturated rings. The Morgan fingerprint density at radius 2 is 2.22 bits per heavy atom. The highest BCUT2D eigenvalue weighted by molar-refractivity contribution is 5.88. The van der Waals surface area contributed by atoms with E-state index in [0.29, 0.717) is 19.6 Å². The smallest absolute Gasteiger partial charge is 0.249 e. The Labute approximate surface area is 136 Å². The van der Waals surface area contributed by atoms with Crippen molar-refractivity contribution in [2.75, 3.05) is 47.4 Å². The third-order valence-corrected chi connectivity index (χ3v) is 3.98. The Bertz CT molecular complexity index is 559. The second-order valence-corrected chi connectivity index (χ2v) is 6.01. The largest absolute Gasteiger partial charge is 0.375 e. The van der Waals surface area contributed by atoms with E-state index in [9.17, 15) is 9.59 Å². The minimum atomic E-state index is -0.488. The summed E-state index contributed by atoms with van der Waals surface area (Å²) in [6.07, 6.45) is 1.73.